The molecule has 104 valence electrons. The molecule has 20 heavy (non-hydrogen) atoms. The zero-order valence-corrected chi connectivity index (χ0v) is 13.0. The molecule has 0 saturated heterocycles. The van der Waals surface area contributed by atoms with Crippen LogP contribution in [0.3, 0.4) is 0 Å². The molecule has 4 nitrogen and oxygen atoms in total. The summed E-state index contributed by atoms with van der Waals surface area (Å²) in [6, 6.07) is 13.2. The van der Waals surface area contributed by atoms with Crippen LogP contribution in [0.2, 0.25) is 0 Å². The minimum Gasteiger partial charge on any atom is -0.321 e. The summed E-state index contributed by atoms with van der Waals surface area (Å²) in [7, 11) is -3.39. The quantitative estimate of drug-likeness (QED) is 0.921. The first-order valence-electron chi connectivity index (χ1n) is 5.74. The fourth-order valence-electron chi connectivity index (χ4n) is 1.72. The van der Waals surface area contributed by atoms with E-state index in [2.05, 4.69) is 21.2 Å². The predicted octanol–water partition coefficient (Wildman–Crippen LogP) is 3.10. The lowest BCUT2D eigenvalue weighted by molar-refractivity contribution is 0.102. The maximum absolute atomic E-state index is 12.1. The molecule has 0 aliphatic rings. The molecule has 0 bridgehead atoms. The van der Waals surface area contributed by atoms with Crippen LogP contribution in [-0.4, -0.2) is 20.6 Å². The molecule has 1 N–H and O–H groups in total. The van der Waals surface area contributed by atoms with E-state index >= 15 is 0 Å². The summed E-state index contributed by atoms with van der Waals surface area (Å²) in [5.74, 6) is -0.359. The van der Waals surface area contributed by atoms with Crippen molar-refractivity contribution in [3.63, 3.8) is 0 Å². The highest BCUT2D eigenvalue weighted by molar-refractivity contribution is 9.10. The van der Waals surface area contributed by atoms with E-state index in [-0.39, 0.29) is 16.5 Å². The normalized spacial score (nSPS) is 11.1. The molecule has 6 heteroatoms. The second-order valence-corrected chi connectivity index (χ2v) is 7.13. The van der Waals surface area contributed by atoms with Crippen LogP contribution < -0.4 is 5.32 Å². The largest absolute Gasteiger partial charge is 0.321 e. The third-order valence-corrected chi connectivity index (χ3v) is 4.27. The van der Waals surface area contributed by atoms with Gasteiger partial charge in [-0.15, -0.1) is 0 Å². The van der Waals surface area contributed by atoms with E-state index in [4.69, 9.17) is 0 Å². The topological polar surface area (TPSA) is 63.2 Å². The first-order valence-corrected chi connectivity index (χ1v) is 8.42. The molecule has 0 aliphatic carbocycles. The second kappa shape index (κ2) is 5.76. The molecular formula is C14H12BrNO3S. The fraction of sp³-hybridized carbons (Fsp3) is 0.0714. The Kier molecular flexibility index (Phi) is 4.25. The van der Waals surface area contributed by atoms with Crippen LogP contribution in [0.4, 0.5) is 5.69 Å². The number of para-hydroxylation sites is 1. The minimum absolute atomic E-state index is 0.100. The number of carbonyl (C=O) groups excluding carboxylic acids is 1. The van der Waals surface area contributed by atoms with Crippen molar-refractivity contribution in [2.75, 3.05) is 11.6 Å². The Balaban J connectivity index is 2.34. The van der Waals surface area contributed by atoms with E-state index in [1.54, 1.807) is 42.5 Å². The van der Waals surface area contributed by atoms with Gasteiger partial charge in [-0.2, -0.15) is 0 Å². The lowest BCUT2D eigenvalue weighted by Gasteiger charge is -2.09. The Morgan fingerprint density at radius 1 is 1.10 bits per heavy atom. The van der Waals surface area contributed by atoms with Crippen molar-refractivity contribution in [1.29, 1.82) is 0 Å². The molecule has 0 atom stereocenters. The maximum Gasteiger partial charge on any atom is 0.255 e. The molecule has 0 aliphatic heterocycles. The average molecular weight is 354 g/mol. The third-order valence-electron chi connectivity index (χ3n) is 2.62. The van der Waals surface area contributed by atoms with Crippen LogP contribution in [0.25, 0.3) is 0 Å². The summed E-state index contributed by atoms with van der Waals surface area (Å²) in [6.45, 7) is 0. The van der Waals surface area contributed by atoms with Crippen LogP contribution >= 0.6 is 15.9 Å². The number of carbonyl (C=O) groups is 1. The van der Waals surface area contributed by atoms with E-state index in [1.165, 1.54) is 6.07 Å². The van der Waals surface area contributed by atoms with E-state index in [0.717, 1.165) is 10.7 Å². The Bertz CT molecular complexity index is 757. The first kappa shape index (κ1) is 14.7. The highest BCUT2D eigenvalue weighted by Crippen LogP contribution is 2.21. The molecule has 0 aromatic heterocycles. The highest BCUT2D eigenvalue weighted by Gasteiger charge is 2.15. The van der Waals surface area contributed by atoms with E-state index < -0.39 is 9.84 Å². The van der Waals surface area contributed by atoms with Gasteiger partial charge in [-0.05, 0) is 30.3 Å². The number of benzene rings is 2. The summed E-state index contributed by atoms with van der Waals surface area (Å²) in [5, 5.41) is 2.62. The molecule has 2 aromatic rings. The van der Waals surface area contributed by atoms with Crippen molar-refractivity contribution < 1.29 is 13.2 Å². The average Bonchev–Trinajstić information content (AvgIpc) is 2.38. The van der Waals surface area contributed by atoms with E-state index in [1.807, 2.05) is 0 Å². The zero-order chi connectivity index (χ0) is 14.8. The molecule has 2 aromatic carbocycles. The van der Waals surface area contributed by atoms with Crippen LogP contribution in [0, 0.1) is 0 Å². The van der Waals surface area contributed by atoms with Crippen molar-refractivity contribution in [3.8, 4) is 0 Å². The summed E-state index contributed by atoms with van der Waals surface area (Å²) in [4.78, 5) is 12.2. The number of hydrogen-bond donors (Lipinski definition) is 1. The van der Waals surface area contributed by atoms with Gasteiger partial charge in [-0.25, -0.2) is 8.42 Å². The predicted molar refractivity (Wildman–Crippen MR) is 81.6 cm³/mol. The summed E-state index contributed by atoms with van der Waals surface area (Å²) >= 11 is 3.29. The van der Waals surface area contributed by atoms with Gasteiger partial charge in [0.1, 0.15) is 0 Å². The smallest absolute Gasteiger partial charge is 0.255 e. The Hall–Kier alpha value is -1.66. The minimum atomic E-state index is -3.39. The molecular weight excluding hydrogens is 342 g/mol. The van der Waals surface area contributed by atoms with Crippen LogP contribution in [-0.2, 0) is 9.84 Å². The van der Waals surface area contributed by atoms with E-state index in [0.29, 0.717) is 5.56 Å². The Labute approximate surface area is 125 Å². The van der Waals surface area contributed by atoms with Gasteiger partial charge in [0.2, 0.25) is 0 Å². The number of anilines is 1. The van der Waals surface area contributed by atoms with Crippen molar-refractivity contribution >= 4 is 37.4 Å². The summed E-state index contributed by atoms with van der Waals surface area (Å²) < 4.78 is 24.1. The van der Waals surface area contributed by atoms with Crippen molar-refractivity contribution in [1.82, 2.24) is 0 Å². The number of sulfone groups is 1. The van der Waals surface area contributed by atoms with Gasteiger partial charge in [-0.1, -0.05) is 34.1 Å². The molecule has 0 radical (unpaired) electrons. The van der Waals surface area contributed by atoms with Crippen LogP contribution in [0.15, 0.2) is 57.9 Å². The maximum atomic E-state index is 12.1. The lowest BCUT2D eigenvalue weighted by atomic mass is 10.2. The number of amides is 1. The van der Waals surface area contributed by atoms with Gasteiger partial charge >= 0.3 is 0 Å². The molecule has 0 heterocycles. The van der Waals surface area contributed by atoms with Crippen molar-refractivity contribution in [2.24, 2.45) is 0 Å². The van der Waals surface area contributed by atoms with Gasteiger partial charge < -0.3 is 5.32 Å². The van der Waals surface area contributed by atoms with Crippen LogP contribution in [0.1, 0.15) is 10.4 Å². The van der Waals surface area contributed by atoms with Gasteiger partial charge in [0.05, 0.1) is 10.6 Å². The van der Waals surface area contributed by atoms with Gasteiger partial charge in [0.15, 0.2) is 9.84 Å². The molecule has 1 amide bonds. The summed E-state index contributed by atoms with van der Waals surface area (Å²) in [5.41, 5.74) is 0.725. The van der Waals surface area contributed by atoms with Crippen molar-refractivity contribution in [3.05, 3.63) is 58.6 Å². The number of nitrogens with one attached hydrogen (secondary N) is 1. The van der Waals surface area contributed by atoms with E-state index in [9.17, 15) is 13.2 Å². The number of rotatable bonds is 3. The number of halogens is 1. The Morgan fingerprint density at radius 3 is 2.45 bits per heavy atom. The van der Waals surface area contributed by atoms with Crippen molar-refractivity contribution in [2.45, 2.75) is 4.90 Å². The van der Waals surface area contributed by atoms with Gasteiger partial charge in [-0.3, -0.25) is 4.79 Å². The standard InChI is InChI=1S/C14H12BrNO3S/c1-20(18,19)13-8-3-2-7-12(13)16-14(17)10-5-4-6-11(15)9-10/h2-9H,1H3,(H,16,17). The second-order valence-electron chi connectivity index (χ2n) is 4.23. The fourth-order valence-corrected chi connectivity index (χ4v) is 2.96. The first-order chi connectivity index (χ1) is 9.38. The SMILES string of the molecule is CS(=O)(=O)c1ccccc1NC(=O)c1cccc(Br)c1. The molecule has 0 spiro atoms. The number of hydrogen-bond acceptors (Lipinski definition) is 3. The molecule has 0 saturated carbocycles. The Morgan fingerprint density at radius 2 is 1.80 bits per heavy atom. The third kappa shape index (κ3) is 3.46. The molecule has 0 unspecified atom stereocenters. The highest BCUT2D eigenvalue weighted by atomic mass is 79.9. The zero-order valence-electron chi connectivity index (χ0n) is 10.6. The summed E-state index contributed by atoms with van der Waals surface area (Å²) in [6.07, 6.45) is 1.11. The van der Waals surface area contributed by atoms with Gasteiger partial charge in [0.25, 0.3) is 5.91 Å². The molecule has 2 rings (SSSR count). The van der Waals surface area contributed by atoms with Gasteiger partial charge in [0, 0.05) is 16.3 Å². The lowest BCUT2D eigenvalue weighted by Crippen LogP contribution is -2.14. The molecule has 0 fully saturated rings. The van der Waals surface area contributed by atoms with Crippen LogP contribution in [0.5, 0.6) is 0 Å². The monoisotopic (exact) mass is 353 g/mol.